The van der Waals surface area contributed by atoms with Crippen molar-refractivity contribution in [2.45, 2.75) is 89.6 Å². The van der Waals surface area contributed by atoms with Crippen LogP contribution >= 0.6 is 0 Å². The van der Waals surface area contributed by atoms with Gasteiger partial charge in [0.05, 0.1) is 6.04 Å². The minimum Gasteiger partial charge on any atom is -0.504 e. The number of carbonyl (C=O) groups is 5. The molecule has 1 unspecified atom stereocenters. The molecule has 1 saturated heterocycles. The second-order valence-corrected chi connectivity index (χ2v) is 13.6. The standard InChI is InChI=1S/C16H22N2O5.C12H18N2O4.C12H15NO5/c17-16(23)11-5-1-2-9-18(11)13(20)6-3-4-10-7-8-12(19)15(22)14(10)21;1-2-8(13)12(18)14-6-5-7-3-4-9(15)11(17)10(7)16;1-13-10(16)5-3-8(14)6-7-2-4-9(15)12(18)11(7)17/h7-8,11,19,21-22H,1-6,9H2,(H2,17,23);3-4,8,15-17H,2,5-6,13H2,1H3,(H,14,18);2,4,15,17-18H,3,5-6H2,1H3,(H,13,16)/t;8-;/m.0./s1. The van der Waals surface area contributed by atoms with Gasteiger partial charge in [-0.2, -0.15) is 0 Å². The van der Waals surface area contributed by atoms with Crippen molar-refractivity contribution in [1.29, 1.82) is 0 Å². The van der Waals surface area contributed by atoms with Gasteiger partial charge in [-0.25, -0.2) is 0 Å². The number of nitrogens with one attached hydrogen (secondary N) is 2. The second-order valence-electron chi connectivity index (χ2n) is 13.6. The smallest absolute Gasteiger partial charge is 0.240 e. The topological polar surface area (TPSA) is 347 Å². The Labute approximate surface area is 340 Å². The molecule has 4 rings (SSSR count). The lowest BCUT2D eigenvalue weighted by atomic mass is 10.00. The molecule has 0 saturated carbocycles. The van der Waals surface area contributed by atoms with Crippen LogP contribution in [0.1, 0.15) is 75.0 Å². The van der Waals surface area contributed by atoms with Crippen LogP contribution in [0, 0.1) is 0 Å². The van der Waals surface area contributed by atoms with Crippen LogP contribution in [0.2, 0.25) is 0 Å². The number of phenols is 9. The van der Waals surface area contributed by atoms with Gasteiger partial charge in [-0.05, 0) is 74.3 Å². The summed E-state index contributed by atoms with van der Waals surface area (Å²) in [5, 5.41) is 89.4. The molecule has 0 aromatic heterocycles. The number of Topliss-reactive ketones (excluding diaryl/α,β-unsaturated/α-hetero) is 1. The minimum atomic E-state index is -0.647. The molecule has 1 fully saturated rings. The summed E-state index contributed by atoms with van der Waals surface area (Å²) >= 11 is 0. The van der Waals surface area contributed by atoms with Crippen molar-refractivity contribution < 1.29 is 69.9 Å². The third kappa shape index (κ3) is 14.7. The fourth-order valence-electron chi connectivity index (χ4n) is 5.79. The van der Waals surface area contributed by atoms with Gasteiger partial charge in [0.2, 0.25) is 40.9 Å². The van der Waals surface area contributed by atoms with E-state index in [0.29, 0.717) is 56.3 Å². The number of primary amides is 1. The summed E-state index contributed by atoms with van der Waals surface area (Å²) in [6, 6.07) is 7.04. The van der Waals surface area contributed by atoms with Gasteiger partial charge in [-0.3, -0.25) is 24.0 Å². The first-order chi connectivity index (χ1) is 27.8. The third-order valence-electron chi connectivity index (χ3n) is 9.40. The van der Waals surface area contributed by atoms with Crippen molar-refractivity contribution in [3.05, 3.63) is 53.1 Å². The molecule has 0 spiro atoms. The lowest BCUT2D eigenvalue weighted by Gasteiger charge is -2.33. The molecule has 324 valence electrons. The number of benzene rings is 3. The van der Waals surface area contributed by atoms with Crippen LogP contribution in [0.5, 0.6) is 51.7 Å². The van der Waals surface area contributed by atoms with E-state index in [1.54, 1.807) is 4.90 Å². The molecule has 3 aromatic rings. The van der Waals surface area contributed by atoms with E-state index < -0.39 is 46.7 Å². The highest BCUT2D eigenvalue weighted by Gasteiger charge is 2.30. The van der Waals surface area contributed by atoms with E-state index in [2.05, 4.69) is 10.6 Å². The summed E-state index contributed by atoms with van der Waals surface area (Å²) in [6.07, 6.45) is 4.34. The summed E-state index contributed by atoms with van der Waals surface area (Å²) in [4.78, 5) is 59.1. The first-order valence-electron chi connectivity index (χ1n) is 18.9. The van der Waals surface area contributed by atoms with Gasteiger partial charge in [0, 0.05) is 51.4 Å². The number of phenolic OH excluding ortho intramolecular Hbond substituents is 9. The predicted molar refractivity (Wildman–Crippen MR) is 213 cm³/mol. The van der Waals surface area contributed by atoms with Crippen molar-refractivity contribution in [2.75, 3.05) is 20.1 Å². The largest absolute Gasteiger partial charge is 0.504 e. The van der Waals surface area contributed by atoms with E-state index >= 15 is 0 Å². The zero-order valence-electron chi connectivity index (χ0n) is 33.0. The number of likely N-dealkylation sites (tertiary alicyclic amines) is 1. The molecule has 19 nitrogen and oxygen atoms in total. The SMILES string of the molecule is CC[C@H](N)C(=O)NCCc1ccc(O)c(O)c1O.CNC(=O)CCC(=O)Cc1ccc(O)c(O)c1O.NC(=O)C1CCCCN1C(=O)CCCc1ccc(O)c(O)c1O. The van der Waals surface area contributed by atoms with Crippen LogP contribution in [-0.4, -0.2) is 112 Å². The molecule has 1 heterocycles. The molecule has 1 aliphatic rings. The number of nitrogens with zero attached hydrogens (tertiary/aromatic N) is 1. The Balaban J connectivity index is 0.000000309. The van der Waals surface area contributed by atoms with Gasteiger partial charge in [0.15, 0.2) is 34.5 Å². The molecule has 0 radical (unpaired) electrons. The van der Waals surface area contributed by atoms with Crippen molar-refractivity contribution in [2.24, 2.45) is 11.5 Å². The Morgan fingerprint density at radius 2 is 1.22 bits per heavy atom. The lowest BCUT2D eigenvalue weighted by molar-refractivity contribution is -0.141. The lowest BCUT2D eigenvalue weighted by Crippen LogP contribution is -2.50. The predicted octanol–water partition coefficient (Wildman–Crippen LogP) is 1.63. The van der Waals surface area contributed by atoms with Gasteiger partial charge < -0.3 is 73.0 Å². The van der Waals surface area contributed by atoms with Crippen molar-refractivity contribution >= 4 is 29.4 Å². The molecule has 2 atom stereocenters. The van der Waals surface area contributed by atoms with E-state index in [1.165, 1.54) is 43.4 Å². The van der Waals surface area contributed by atoms with E-state index in [0.717, 1.165) is 12.8 Å². The van der Waals surface area contributed by atoms with E-state index in [4.69, 9.17) is 21.7 Å². The van der Waals surface area contributed by atoms with E-state index in [1.807, 2.05) is 6.92 Å². The normalized spacial score (nSPS) is 13.7. The molecular formula is C40H55N5O14. The van der Waals surface area contributed by atoms with Crippen molar-refractivity contribution in [3.8, 4) is 51.7 Å². The molecule has 19 heteroatoms. The van der Waals surface area contributed by atoms with E-state index in [9.17, 15) is 59.7 Å². The number of hydrogen-bond donors (Lipinski definition) is 13. The first kappa shape index (κ1) is 48.5. The van der Waals surface area contributed by atoms with Gasteiger partial charge in [-0.1, -0.05) is 25.1 Å². The van der Waals surface area contributed by atoms with Crippen molar-refractivity contribution in [3.63, 3.8) is 0 Å². The molecule has 0 aliphatic carbocycles. The number of rotatable bonds is 15. The fraction of sp³-hybridized carbons (Fsp3) is 0.425. The van der Waals surface area contributed by atoms with Crippen LogP contribution in [0.25, 0.3) is 0 Å². The van der Waals surface area contributed by atoms with Crippen LogP contribution in [0.3, 0.4) is 0 Å². The first-order valence-corrected chi connectivity index (χ1v) is 18.9. The van der Waals surface area contributed by atoms with Crippen LogP contribution in [0.15, 0.2) is 36.4 Å². The number of piperidine rings is 1. The van der Waals surface area contributed by atoms with Crippen LogP contribution in [0.4, 0.5) is 0 Å². The van der Waals surface area contributed by atoms with Crippen LogP contribution < -0.4 is 22.1 Å². The molecule has 15 N–H and O–H groups in total. The van der Waals surface area contributed by atoms with Gasteiger partial charge in [0.25, 0.3) is 0 Å². The molecule has 1 aliphatic heterocycles. The van der Waals surface area contributed by atoms with Crippen molar-refractivity contribution in [1.82, 2.24) is 15.5 Å². The molecule has 59 heavy (non-hydrogen) atoms. The molecule has 4 amide bonds. The van der Waals surface area contributed by atoms with Crippen LogP contribution in [-0.2, 0) is 43.2 Å². The van der Waals surface area contributed by atoms with Gasteiger partial charge in [-0.15, -0.1) is 0 Å². The summed E-state index contributed by atoms with van der Waals surface area (Å²) < 4.78 is 0. The summed E-state index contributed by atoms with van der Waals surface area (Å²) in [5.41, 5.74) is 12.0. The summed E-state index contributed by atoms with van der Waals surface area (Å²) in [6.45, 7) is 2.65. The quantitative estimate of drug-likeness (QED) is 0.0968. The maximum absolute atomic E-state index is 12.3. The fourth-order valence-corrected chi connectivity index (χ4v) is 5.79. The number of ketones is 1. The second kappa shape index (κ2) is 23.6. The zero-order valence-corrected chi connectivity index (χ0v) is 33.0. The van der Waals surface area contributed by atoms with Gasteiger partial charge in [0.1, 0.15) is 11.8 Å². The molecule has 3 aromatic carbocycles. The Kier molecular flexibility index (Phi) is 19.4. The Bertz CT molecular complexity index is 1940. The molecular weight excluding hydrogens is 774 g/mol. The average Bonchev–Trinajstić information content (AvgIpc) is 3.22. The zero-order chi connectivity index (χ0) is 44.4. The van der Waals surface area contributed by atoms with Gasteiger partial charge >= 0.3 is 0 Å². The number of nitrogens with two attached hydrogens (primary N) is 2. The van der Waals surface area contributed by atoms with E-state index in [-0.39, 0.29) is 77.7 Å². The summed E-state index contributed by atoms with van der Waals surface area (Å²) in [5.74, 6) is -5.55. The number of hydrogen-bond acceptors (Lipinski definition) is 15. The maximum atomic E-state index is 12.3. The summed E-state index contributed by atoms with van der Waals surface area (Å²) in [7, 11) is 1.48. The number of amides is 4. The maximum Gasteiger partial charge on any atom is 0.240 e. The molecule has 0 bridgehead atoms. The minimum absolute atomic E-state index is 0.0563. The monoisotopic (exact) mass is 829 g/mol. The Morgan fingerprint density at radius 1 is 0.712 bits per heavy atom. The average molecular weight is 830 g/mol. The number of aromatic hydroxyl groups is 9. The highest BCUT2D eigenvalue weighted by molar-refractivity contribution is 5.87. The Hall–Kier alpha value is -6.63. The number of aryl methyl sites for hydroxylation is 1. The Morgan fingerprint density at radius 3 is 1.73 bits per heavy atom. The highest BCUT2D eigenvalue weighted by atomic mass is 16.3. The number of carbonyl (C=O) groups excluding carboxylic acids is 5. The third-order valence-corrected chi connectivity index (χ3v) is 9.40. The highest BCUT2D eigenvalue weighted by Crippen LogP contribution is 2.39.